The topological polar surface area (TPSA) is 59.9 Å². The Morgan fingerprint density at radius 3 is 2.56 bits per heavy atom. The Kier molecular flexibility index (Phi) is 5.03. The molecule has 2 aromatic carbocycles. The van der Waals surface area contributed by atoms with Crippen LogP contribution in [0.2, 0.25) is 0 Å². The van der Waals surface area contributed by atoms with Crippen molar-refractivity contribution in [3.8, 4) is 11.5 Å². The molecular weight excluding hydrogens is 316 g/mol. The molecule has 0 aliphatic heterocycles. The van der Waals surface area contributed by atoms with Gasteiger partial charge in [0.25, 0.3) is 0 Å². The number of nitrogens with one attached hydrogen (secondary N) is 1. The molecule has 5 nitrogen and oxygen atoms in total. The van der Waals surface area contributed by atoms with Crippen molar-refractivity contribution in [3.63, 3.8) is 0 Å². The van der Waals surface area contributed by atoms with Gasteiger partial charge in [0.2, 0.25) is 5.91 Å². The van der Waals surface area contributed by atoms with Crippen molar-refractivity contribution in [2.75, 3.05) is 14.2 Å². The molecule has 0 aromatic heterocycles. The third-order valence-electron chi connectivity index (χ3n) is 4.49. The number of nitrogens with zero attached hydrogens (tertiary/aromatic N) is 1. The van der Waals surface area contributed by atoms with Crippen molar-refractivity contribution in [2.45, 2.75) is 19.3 Å². The molecule has 0 radical (unpaired) electrons. The number of hydrogen-bond acceptors (Lipinski definition) is 4. The first kappa shape index (κ1) is 17.0. The number of rotatable bonds is 6. The third-order valence-corrected chi connectivity index (χ3v) is 4.49. The Morgan fingerprint density at radius 1 is 1.12 bits per heavy atom. The lowest BCUT2D eigenvalue weighted by molar-refractivity contribution is -0.122. The molecule has 1 aliphatic carbocycles. The average Bonchev–Trinajstić information content (AvgIpc) is 3.47. The fourth-order valence-corrected chi connectivity index (χ4v) is 2.93. The maximum absolute atomic E-state index is 12.3. The zero-order valence-electron chi connectivity index (χ0n) is 14.7. The van der Waals surface area contributed by atoms with Gasteiger partial charge in [0.1, 0.15) is 11.5 Å². The number of hydrogen-bond donors (Lipinski definition) is 1. The second kappa shape index (κ2) is 7.38. The molecule has 1 amide bonds. The fourth-order valence-electron chi connectivity index (χ4n) is 2.93. The van der Waals surface area contributed by atoms with E-state index in [-0.39, 0.29) is 11.8 Å². The lowest BCUT2D eigenvalue weighted by atomic mass is 10.1. The van der Waals surface area contributed by atoms with E-state index >= 15 is 0 Å². The van der Waals surface area contributed by atoms with Crippen LogP contribution in [0.1, 0.15) is 30.4 Å². The van der Waals surface area contributed by atoms with E-state index in [1.54, 1.807) is 20.3 Å². The van der Waals surface area contributed by atoms with Crippen LogP contribution >= 0.6 is 0 Å². The maximum atomic E-state index is 12.3. The van der Waals surface area contributed by atoms with E-state index in [0.717, 1.165) is 12.0 Å². The summed E-state index contributed by atoms with van der Waals surface area (Å²) >= 11 is 0. The first-order chi connectivity index (χ1) is 12.1. The van der Waals surface area contributed by atoms with E-state index < -0.39 is 0 Å². The van der Waals surface area contributed by atoms with Crippen LogP contribution in [-0.2, 0) is 4.79 Å². The first-order valence-corrected chi connectivity index (χ1v) is 8.25. The van der Waals surface area contributed by atoms with Gasteiger partial charge in [0.15, 0.2) is 0 Å². The molecule has 1 fully saturated rings. The Labute approximate surface area is 147 Å². The fraction of sp³-hybridized carbons (Fsp3) is 0.300. The van der Waals surface area contributed by atoms with E-state index in [0.29, 0.717) is 23.1 Å². The van der Waals surface area contributed by atoms with Crippen molar-refractivity contribution in [2.24, 2.45) is 11.0 Å². The van der Waals surface area contributed by atoms with Gasteiger partial charge in [-0.15, -0.1) is 0 Å². The van der Waals surface area contributed by atoms with Crippen LogP contribution < -0.4 is 14.9 Å². The molecule has 0 bridgehead atoms. The zero-order chi connectivity index (χ0) is 17.8. The van der Waals surface area contributed by atoms with E-state index in [9.17, 15) is 4.79 Å². The van der Waals surface area contributed by atoms with Crippen LogP contribution in [0.25, 0.3) is 0 Å². The lowest BCUT2D eigenvalue weighted by Crippen LogP contribution is -2.21. The van der Waals surface area contributed by atoms with Crippen molar-refractivity contribution in [1.82, 2.24) is 5.43 Å². The van der Waals surface area contributed by atoms with Gasteiger partial charge in [-0.1, -0.05) is 30.3 Å². The van der Waals surface area contributed by atoms with Crippen LogP contribution in [0.3, 0.4) is 0 Å². The highest BCUT2D eigenvalue weighted by Crippen LogP contribution is 2.47. The highest BCUT2D eigenvalue weighted by Gasteiger charge is 2.43. The Hall–Kier alpha value is -2.82. The number of ether oxygens (including phenoxy) is 2. The van der Waals surface area contributed by atoms with Crippen molar-refractivity contribution >= 4 is 11.6 Å². The molecule has 0 heterocycles. The minimum Gasteiger partial charge on any atom is -0.497 e. The second-order valence-electron chi connectivity index (χ2n) is 6.10. The van der Waals surface area contributed by atoms with Gasteiger partial charge in [0.05, 0.1) is 19.9 Å². The third kappa shape index (κ3) is 3.82. The van der Waals surface area contributed by atoms with Crippen LogP contribution in [0, 0.1) is 5.92 Å². The van der Waals surface area contributed by atoms with Crippen LogP contribution in [-0.4, -0.2) is 25.8 Å². The van der Waals surface area contributed by atoms with Gasteiger partial charge in [-0.2, -0.15) is 5.10 Å². The van der Waals surface area contributed by atoms with Crippen molar-refractivity contribution in [3.05, 3.63) is 59.7 Å². The average molecular weight is 338 g/mol. The molecule has 5 heteroatoms. The van der Waals surface area contributed by atoms with Crippen LogP contribution in [0.5, 0.6) is 11.5 Å². The maximum Gasteiger partial charge on any atom is 0.243 e. The summed E-state index contributed by atoms with van der Waals surface area (Å²) in [6.45, 7) is 1.84. The summed E-state index contributed by atoms with van der Waals surface area (Å²) in [7, 11) is 3.20. The summed E-state index contributed by atoms with van der Waals surface area (Å²) < 4.78 is 10.6. The minimum atomic E-state index is -0.0410. The van der Waals surface area contributed by atoms with Crippen LogP contribution in [0.15, 0.2) is 53.6 Å². The van der Waals surface area contributed by atoms with Gasteiger partial charge >= 0.3 is 0 Å². The standard InChI is InChI=1S/C20H22N2O3/c1-13(16-10-9-15(24-2)11-19(16)25-3)21-22-20(23)18-12-17(18)14-7-5-4-6-8-14/h4-11,17-18H,12H2,1-3H3,(H,22,23)/b21-13-/t17-,18+/m1/s1. The molecule has 2 aromatic rings. The molecule has 1 saturated carbocycles. The quantitative estimate of drug-likeness (QED) is 0.649. The summed E-state index contributed by atoms with van der Waals surface area (Å²) in [5.41, 5.74) is 5.40. The number of amides is 1. The molecule has 130 valence electrons. The summed E-state index contributed by atoms with van der Waals surface area (Å²) in [4.78, 5) is 12.3. The van der Waals surface area contributed by atoms with Gasteiger partial charge in [-0.05, 0) is 37.0 Å². The minimum absolute atomic E-state index is 0.00304. The van der Waals surface area contributed by atoms with E-state index in [4.69, 9.17) is 9.47 Å². The monoisotopic (exact) mass is 338 g/mol. The van der Waals surface area contributed by atoms with Crippen molar-refractivity contribution in [1.29, 1.82) is 0 Å². The lowest BCUT2D eigenvalue weighted by Gasteiger charge is -2.10. The SMILES string of the molecule is COc1ccc(/C(C)=N\NC(=O)[C@H]2C[C@@H]2c2ccccc2)c(OC)c1. The predicted octanol–water partition coefficient (Wildman–Crippen LogP) is 3.35. The largest absolute Gasteiger partial charge is 0.497 e. The highest BCUT2D eigenvalue weighted by molar-refractivity contribution is 6.02. The molecule has 2 atom stereocenters. The van der Waals surface area contributed by atoms with Gasteiger partial charge in [-0.25, -0.2) is 5.43 Å². The molecule has 0 saturated heterocycles. The van der Waals surface area contributed by atoms with Crippen molar-refractivity contribution < 1.29 is 14.3 Å². The highest BCUT2D eigenvalue weighted by atomic mass is 16.5. The number of hydrazone groups is 1. The summed E-state index contributed by atoms with van der Waals surface area (Å²) in [6, 6.07) is 15.6. The smallest absolute Gasteiger partial charge is 0.243 e. The number of methoxy groups -OCH3 is 2. The van der Waals surface area contributed by atoms with E-state index in [2.05, 4.69) is 22.7 Å². The molecular formula is C20H22N2O3. The predicted molar refractivity (Wildman–Crippen MR) is 97.2 cm³/mol. The Morgan fingerprint density at radius 2 is 1.88 bits per heavy atom. The zero-order valence-corrected chi connectivity index (χ0v) is 14.7. The van der Waals surface area contributed by atoms with Crippen LogP contribution in [0.4, 0.5) is 0 Å². The summed E-state index contributed by atoms with van der Waals surface area (Å²) in [6.07, 6.45) is 0.871. The molecule has 3 rings (SSSR count). The summed E-state index contributed by atoms with van der Waals surface area (Å²) in [5, 5.41) is 4.24. The number of carbonyl (C=O) groups excluding carboxylic acids is 1. The molecule has 25 heavy (non-hydrogen) atoms. The molecule has 0 unspecified atom stereocenters. The van der Waals surface area contributed by atoms with Gasteiger partial charge in [-0.3, -0.25) is 4.79 Å². The van der Waals surface area contributed by atoms with E-state index in [1.807, 2.05) is 37.3 Å². The van der Waals surface area contributed by atoms with E-state index in [1.165, 1.54) is 5.56 Å². The Bertz CT molecular complexity index is 787. The molecule has 0 spiro atoms. The Balaban J connectivity index is 1.65. The second-order valence-corrected chi connectivity index (χ2v) is 6.10. The first-order valence-electron chi connectivity index (χ1n) is 8.25. The number of carbonyl (C=O) groups is 1. The van der Waals surface area contributed by atoms with Gasteiger partial charge in [0, 0.05) is 17.5 Å². The molecule has 1 N–H and O–H groups in total. The normalized spacial score (nSPS) is 19.2. The van der Waals surface area contributed by atoms with Gasteiger partial charge < -0.3 is 9.47 Å². The molecule has 1 aliphatic rings. The number of benzene rings is 2. The summed E-state index contributed by atoms with van der Waals surface area (Å²) in [5.74, 6) is 1.62.